The summed E-state index contributed by atoms with van der Waals surface area (Å²) in [5.74, 6) is 0.940. The number of benzene rings is 2. The third-order valence-electron chi connectivity index (χ3n) is 3.86. The van der Waals surface area contributed by atoms with Crippen molar-refractivity contribution in [2.24, 2.45) is 0 Å². The van der Waals surface area contributed by atoms with E-state index in [0.29, 0.717) is 0 Å². The molecule has 3 heteroatoms. The molecule has 0 amide bonds. The fourth-order valence-corrected chi connectivity index (χ4v) is 4.66. The normalized spacial score (nSPS) is 16.0. The number of allylic oxidation sites excluding steroid dienone is 3. The Labute approximate surface area is 147 Å². The molecule has 1 heterocycles. The predicted molar refractivity (Wildman–Crippen MR) is 91.2 cm³/mol. The van der Waals surface area contributed by atoms with E-state index in [1.807, 2.05) is 31.2 Å². The van der Waals surface area contributed by atoms with Gasteiger partial charge in [0.15, 0.2) is 0 Å². The molecular weight excluding hydrogens is 399 g/mol. The fraction of sp³-hybridized carbons (Fsp3) is 0.200. The van der Waals surface area contributed by atoms with Crippen LogP contribution in [0, 0.1) is 0 Å². The zero-order chi connectivity index (χ0) is 16.1. The maximum absolute atomic E-state index is 9.12. The van der Waals surface area contributed by atoms with Crippen LogP contribution in [0.25, 0.3) is 10.8 Å². The number of hydrogen-bond acceptors (Lipinski definition) is 2. The van der Waals surface area contributed by atoms with E-state index in [2.05, 4.69) is 34.4 Å². The second kappa shape index (κ2) is 7.68. The average molecular weight is 419 g/mol. The van der Waals surface area contributed by atoms with Gasteiger partial charge in [0.25, 0.3) is 0 Å². The Morgan fingerprint density at radius 2 is 2.04 bits per heavy atom. The van der Waals surface area contributed by atoms with Gasteiger partial charge in [0.1, 0.15) is 0 Å². The molecule has 23 heavy (non-hydrogen) atoms. The first-order valence-corrected chi connectivity index (χ1v) is 10.0. The van der Waals surface area contributed by atoms with Crippen LogP contribution in [-0.2, 0) is 0 Å². The SMILES string of the molecule is C/C(=C\O)CCC(Oc1cccc2ccccc12)C1=CC=C[I-]1. The number of rotatable bonds is 6. The van der Waals surface area contributed by atoms with E-state index < -0.39 is 0 Å². The zero-order valence-electron chi connectivity index (χ0n) is 13.1. The molecule has 0 spiro atoms. The van der Waals surface area contributed by atoms with Crippen molar-refractivity contribution >= 4 is 10.8 Å². The van der Waals surface area contributed by atoms with Crippen LogP contribution in [0.2, 0.25) is 0 Å². The molecule has 0 fully saturated rings. The zero-order valence-corrected chi connectivity index (χ0v) is 15.2. The van der Waals surface area contributed by atoms with Crippen LogP contribution in [0.1, 0.15) is 19.8 Å². The molecule has 1 aliphatic heterocycles. The molecule has 0 saturated heterocycles. The molecule has 2 aromatic rings. The van der Waals surface area contributed by atoms with Crippen LogP contribution >= 0.6 is 0 Å². The van der Waals surface area contributed by atoms with Gasteiger partial charge < -0.3 is 0 Å². The minimum absolute atomic E-state index is 0.0696. The van der Waals surface area contributed by atoms with Crippen LogP contribution in [-0.4, -0.2) is 11.2 Å². The summed E-state index contributed by atoms with van der Waals surface area (Å²) in [4.78, 5) is 0. The van der Waals surface area contributed by atoms with E-state index in [9.17, 15) is 0 Å². The van der Waals surface area contributed by atoms with Crippen molar-refractivity contribution in [3.8, 4) is 5.75 Å². The number of halogens is 1. The van der Waals surface area contributed by atoms with Crippen molar-refractivity contribution in [2.75, 3.05) is 0 Å². The summed E-state index contributed by atoms with van der Waals surface area (Å²) in [6, 6.07) is 14.5. The Hall–Kier alpha value is -1.75. The Morgan fingerprint density at radius 1 is 1.22 bits per heavy atom. The van der Waals surface area contributed by atoms with E-state index in [1.54, 1.807) is 0 Å². The summed E-state index contributed by atoms with van der Waals surface area (Å²) in [7, 11) is 0. The van der Waals surface area contributed by atoms with Crippen molar-refractivity contribution in [3.63, 3.8) is 0 Å². The number of aliphatic hydroxyl groups is 1. The van der Waals surface area contributed by atoms with E-state index in [-0.39, 0.29) is 27.3 Å². The Balaban J connectivity index is 1.84. The quantitative estimate of drug-likeness (QED) is 0.576. The standard InChI is InChI=1S/C20H20IO2/c1-15(14-22)11-12-20(18-9-5-13-21-18)23-19-10-4-7-16-6-2-3-8-17(16)19/h2-10,13-14,20,22H,11-12H2,1H3/q-1/b15-14+. The molecule has 0 saturated carbocycles. The topological polar surface area (TPSA) is 29.5 Å². The second-order valence-corrected chi connectivity index (χ2v) is 8.16. The van der Waals surface area contributed by atoms with Gasteiger partial charge in [0.2, 0.25) is 0 Å². The summed E-state index contributed by atoms with van der Waals surface area (Å²) < 4.78 is 10.1. The maximum atomic E-state index is 9.12. The van der Waals surface area contributed by atoms with Gasteiger partial charge in [-0.15, -0.1) is 0 Å². The molecule has 1 N–H and O–H groups in total. The van der Waals surface area contributed by atoms with Crippen LogP contribution < -0.4 is 25.9 Å². The van der Waals surface area contributed by atoms with E-state index in [4.69, 9.17) is 9.84 Å². The number of hydrogen-bond donors (Lipinski definition) is 1. The summed E-state index contributed by atoms with van der Waals surface area (Å²) >= 11 is -0.0696. The average Bonchev–Trinajstić information content (AvgIpc) is 3.12. The second-order valence-electron chi connectivity index (χ2n) is 5.58. The molecular formula is C20H20IO2-. The molecule has 2 nitrogen and oxygen atoms in total. The van der Waals surface area contributed by atoms with Gasteiger partial charge in [-0.05, 0) is 0 Å². The van der Waals surface area contributed by atoms with Crippen LogP contribution in [0.3, 0.4) is 0 Å². The molecule has 1 unspecified atom stereocenters. The summed E-state index contributed by atoms with van der Waals surface area (Å²) in [6.45, 7) is 1.95. The third-order valence-corrected chi connectivity index (χ3v) is 6.41. The van der Waals surface area contributed by atoms with Gasteiger partial charge in [0, 0.05) is 0 Å². The Bertz CT molecular complexity index is 769. The number of fused-ring (bicyclic) bond motifs is 1. The fourth-order valence-electron chi connectivity index (χ4n) is 2.58. The van der Waals surface area contributed by atoms with Gasteiger partial charge in [0.05, 0.1) is 0 Å². The molecule has 0 aliphatic carbocycles. The van der Waals surface area contributed by atoms with Crippen LogP contribution in [0.15, 0.2) is 74.1 Å². The summed E-state index contributed by atoms with van der Waals surface area (Å²) in [6.07, 6.45) is 7.34. The van der Waals surface area contributed by atoms with Crippen molar-refractivity contribution in [3.05, 3.63) is 74.1 Å². The Kier molecular flexibility index (Phi) is 5.39. The summed E-state index contributed by atoms with van der Waals surface area (Å²) in [5.41, 5.74) is 0.987. The van der Waals surface area contributed by atoms with Gasteiger partial charge in [-0.3, -0.25) is 0 Å². The molecule has 120 valence electrons. The molecule has 2 aromatic carbocycles. The van der Waals surface area contributed by atoms with Gasteiger partial charge in [-0.2, -0.15) is 0 Å². The molecule has 0 bridgehead atoms. The van der Waals surface area contributed by atoms with Crippen molar-refractivity contribution < 1.29 is 31.0 Å². The van der Waals surface area contributed by atoms with E-state index in [1.165, 1.54) is 15.2 Å². The first-order valence-electron chi connectivity index (χ1n) is 7.72. The van der Waals surface area contributed by atoms with Crippen molar-refractivity contribution in [1.29, 1.82) is 0 Å². The minimum atomic E-state index is -0.0696. The van der Waals surface area contributed by atoms with Crippen molar-refractivity contribution in [2.45, 2.75) is 25.9 Å². The number of ether oxygens (including phenoxy) is 1. The van der Waals surface area contributed by atoms with E-state index >= 15 is 0 Å². The Morgan fingerprint density at radius 3 is 2.83 bits per heavy atom. The molecule has 0 aromatic heterocycles. The molecule has 1 aliphatic rings. The van der Waals surface area contributed by atoms with Gasteiger partial charge in [-0.1, -0.05) is 0 Å². The molecule has 3 rings (SSSR count). The molecule has 1 atom stereocenters. The monoisotopic (exact) mass is 419 g/mol. The van der Waals surface area contributed by atoms with E-state index in [0.717, 1.165) is 29.6 Å². The number of aliphatic hydroxyl groups excluding tert-OH is 1. The van der Waals surface area contributed by atoms with Crippen LogP contribution in [0.5, 0.6) is 5.75 Å². The first-order chi connectivity index (χ1) is 11.3. The molecule has 0 radical (unpaired) electrons. The van der Waals surface area contributed by atoms with Gasteiger partial charge >= 0.3 is 148 Å². The summed E-state index contributed by atoms with van der Waals surface area (Å²) in [5, 5.41) is 11.5. The van der Waals surface area contributed by atoms with Crippen LogP contribution in [0.4, 0.5) is 0 Å². The van der Waals surface area contributed by atoms with Gasteiger partial charge in [-0.25, -0.2) is 0 Å². The first kappa shape index (κ1) is 16.1. The third kappa shape index (κ3) is 3.96. The van der Waals surface area contributed by atoms with Crippen molar-refractivity contribution in [1.82, 2.24) is 0 Å². The predicted octanol–water partition coefficient (Wildman–Crippen LogP) is 2.33.